The minimum absolute atomic E-state index is 0.0494. The normalized spacial score (nSPS) is 13.2. The van der Waals surface area contributed by atoms with E-state index in [1.54, 1.807) is 18.2 Å². The van der Waals surface area contributed by atoms with Crippen molar-refractivity contribution in [3.63, 3.8) is 0 Å². The molecule has 106 valence electrons. The van der Waals surface area contributed by atoms with E-state index in [0.717, 1.165) is 10.9 Å². The highest BCUT2D eigenvalue weighted by Crippen LogP contribution is 2.27. The van der Waals surface area contributed by atoms with Crippen molar-refractivity contribution in [2.24, 2.45) is 17.1 Å². The van der Waals surface area contributed by atoms with Gasteiger partial charge in [-0.25, -0.2) is 0 Å². The van der Waals surface area contributed by atoms with Crippen molar-refractivity contribution in [2.75, 3.05) is 11.9 Å². The zero-order valence-corrected chi connectivity index (χ0v) is 13.8. The number of halogens is 2. The molecule has 0 bridgehead atoms. The van der Waals surface area contributed by atoms with Gasteiger partial charge in [0.1, 0.15) is 0 Å². The van der Waals surface area contributed by atoms with Gasteiger partial charge in [-0.05, 0) is 46.0 Å². The Labute approximate surface area is 128 Å². The van der Waals surface area contributed by atoms with Crippen LogP contribution in [0.5, 0.6) is 0 Å². The quantitative estimate of drug-likeness (QED) is 0.863. The highest BCUT2D eigenvalue weighted by molar-refractivity contribution is 9.10. The number of anilines is 1. The maximum atomic E-state index is 12.2. The third-order valence-electron chi connectivity index (χ3n) is 2.70. The predicted molar refractivity (Wildman–Crippen MR) is 84.4 cm³/mol. The van der Waals surface area contributed by atoms with Gasteiger partial charge < -0.3 is 11.1 Å². The molecule has 1 rings (SSSR count). The highest BCUT2D eigenvalue weighted by atomic mass is 79.9. The van der Waals surface area contributed by atoms with Crippen LogP contribution in [0.1, 0.15) is 27.2 Å². The molecule has 0 saturated heterocycles. The first kappa shape index (κ1) is 16.5. The van der Waals surface area contributed by atoms with Gasteiger partial charge in [0.2, 0.25) is 5.91 Å². The second kappa shape index (κ2) is 6.73. The van der Waals surface area contributed by atoms with Crippen LogP contribution in [-0.2, 0) is 4.79 Å². The first-order chi connectivity index (χ1) is 8.73. The Kier molecular flexibility index (Phi) is 5.83. The molecule has 1 amide bonds. The second-order valence-electron chi connectivity index (χ2n) is 5.82. The summed E-state index contributed by atoms with van der Waals surface area (Å²) in [6.45, 7) is 6.64. The average molecular weight is 348 g/mol. The van der Waals surface area contributed by atoms with E-state index < -0.39 is 0 Å². The monoisotopic (exact) mass is 346 g/mol. The summed E-state index contributed by atoms with van der Waals surface area (Å²) in [5, 5.41) is 3.49. The maximum Gasteiger partial charge on any atom is 0.228 e. The van der Waals surface area contributed by atoms with Crippen molar-refractivity contribution in [2.45, 2.75) is 27.2 Å². The number of amides is 1. The number of benzene rings is 1. The zero-order valence-electron chi connectivity index (χ0n) is 11.5. The molecular weight excluding hydrogens is 328 g/mol. The molecule has 1 aromatic carbocycles. The molecule has 1 aromatic rings. The predicted octanol–water partition coefficient (Wildman–Crippen LogP) is 4.05. The van der Waals surface area contributed by atoms with E-state index in [-0.39, 0.29) is 17.2 Å². The third kappa shape index (κ3) is 5.51. The lowest BCUT2D eigenvalue weighted by Crippen LogP contribution is -2.32. The molecule has 0 fully saturated rings. The lowest BCUT2D eigenvalue weighted by atomic mass is 9.84. The number of carbonyl (C=O) groups excluding carboxylic acids is 1. The minimum atomic E-state index is -0.186. The SMILES string of the molecule is CC(C)(C)CC(CN)C(=O)Nc1ccc(Cl)c(Br)c1. The van der Waals surface area contributed by atoms with Crippen LogP contribution in [0.4, 0.5) is 5.69 Å². The van der Waals surface area contributed by atoms with Crippen molar-refractivity contribution < 1.29 is 4.79 Å². The fourth-order valence-electron chi connectivity index (χ4n) is 1.84. The molecule has 3 nitrogen and oxygen atoms in total. The lowest BCUT2D eigenvalue weighted by Gasteiger charge is -2.24. The van der Waals surface area contributed by atoms with Gasteiger partial charge in [-0.1, -0.05) is 32.4 Å². The summed E-state index contributed by atoms with van der Waals surface area (Å²) < 4.78 is 0.757. The first-order valence-electron chi connectivity index (χ1n) is 6.19. The molecular formula is C14H20BrClN2O. The number of carbonyl (C=O) groups is 1. The lowest BCUT2D eigenvalue weighted by molar-refractivity contribution is -0.120. The molecule has 0 radical (unpaired) electrons. The van der Waals surface area contributed by atoms with Crippen LogP contribution in [-0.4, -0.2) is 12.5 Å². The molecule has 1 unspecified atom stereocenters. The van der Waals surface area contributed by atoms with E-state index in [9.17, 15) is 4.79 Å². The Morgan fingerprint density at radius 3 is 2.58 bits per heavy atom. The molecule has 0 aliphatic carbocycles. The van der Waals surface area contributed by atoms with E-state index in [2.05, 4.69) is 42.0 Å². The Hall–Kier alpha value is -0.580. The van der Waals surface area contributed by atoms with Crippen molar-refractivity contribution in [3.8, 4) is 0 Å². The molecule has 19 heavy (non-hydrogen) atoms. The van der Waals surface area contributed by atoms with Gasteiger partial charge in [0, 0.05) is 16.7 Å². The number of nitrogens with two attached hydrogens (primary N) is 1. The Morgan fingerprint density at radius 1 is 1.47 bits per heavy atom. The fourth-order valence-corrected chi connectivity index (χ4v) is 2.34. The van der Waals surface area contributed by atoms with Crippen LogP contribution in [0.3, 0.4) is 0 Å². The van der Waals surface area contributed by atoms with E-state index in [4.69, 9.17) is 17.3 Å². The van der Waals surface area contributed by atoms with Gasteiger partial charge in [0.25, 0.3) is 0 Å². The van der Waals surface area contributed by atoms with Gasteiger partial charge in [0.15, 0.2) is 0 Å². The second-order valence-corrected chi connectivity index (χ2v) is 7.08. The van der Waals surface area contributed by atoms with Crippen molar-refractivity contribution in [1.82, 2.24) is 0 Å². The summed E-state index contributed by atoms with van der Waals surface area (Å²) in [4.78, 5) is 12.2. The summed E-state index contributed by atoms with van der Waals surface area (Å²) in [5.74, 6) is -0.235. The molecule has 0 heterocycles. The van der Waals surface area contributed by atoms with E-state index in [1.807, 2.05) is 0 Å². The zero-order chi connectivity index (χ0) is 14.6. The molecule has 0 aliphatic heterocycles. The molecule has 0 aliphatic rings. The third-order valence-corrected chi connectivity index (χ3v) is 3.92. The molecule has 0 saturated carbocycles. The standard InChI is InChI=1S/C14H20BrClN2O/c1-14(2,3)7-9(8-17)13(19)18-10-4-5-12(16)11(15)6-10/h4-6,9H,7-8,17H2,1-3H3,(H,18,19). The minimum Gasteiger partial charge on any atom is -0.330 e. The Morgan fingerprint density at radius 2 is 2.11 bits per heavy atom. The van der Waals surface area contributed by atoms with Gasteiger partial charge in [0.05, 0.1) is 10.9 Å². The van der Waals surface area contributed by atoms with E-state index in [0.29, 0.717) is 17.3 Å². The molecule has 5 heteroatoms. The Bertz CT molecular complexity index is 457. The summed E-state index contributed by atoms with van der Waals surface area (Å²) in [5.41, 5.74) is 6.49. The number of hydrogen-bond donors (Lipinski definition) is 2. The smallest absolute Gasteiger partial charge is 0.228 e. The van der Waals surface area contributed by atoms with E-state index >= 15 is 0 Å². The number of hydrogen-bond acceptors (Lipinski definition) is 2. The first-order valence-corrected chi connectivity index (χ1v) is 7.36. The Balaban J connectivity index is 2.74. The van der Waals surface area contributed by atoms with Gasteiger partial charge in [-0.2, -0.15) is 0 Å². The van der Waals surface area contributed by atoms with Crippen LogP contribution in [0.25, 0.3) is 0 Å². The molecule has 3 N–H and O–H groups in total. The number of rotatable bonds is 4. The largest absolute Gasteiger partial charge is 0.330 e. The van der Waals surface area contributed by atoms with Crippen molar-refractivity contribution in [3.05, 3.63) is 27.7 Å². The number of nitrogens with one attached hydrogen (secondary N) is 1. The average Bonchev–Trinajstić information content (AvgIpc) is 2.29. The van der Waals surface area contributed by atoms with Crippen LogP contribution in [0, 0.1) is 11.3 Å². The maximum absolute atomic E-state index is 12.2. The molecule has 1 atom stereocenters. The van der Waals surface area contributed by atoms with Gasteiger partial charge >= 0.3 is 0 Å². The van der Waals surface area contributed by atoms with Crippen LogP contribution in [0.2, 0.25) is 5.02 Å². The van der Waals surface area contributed by atoms with Gasteiger partial charge in [-0.15, -0.1) is 0 Å². The van der Waals surface area contributed by atoms with Crippen LogP contribution < -0.4 is 11.1 Å². The van der Waals surface area contributed by atoms with Crippen molar-refractivity contribution >= 4 is 39.1 Å². The van der Waals surface area contributed by atoms with Crippen LogP contribution in [0.15, 0.2) is 22.7 Å². The topological polar surface area (TPSA) is 55.1 Å². The van der Waals surface area contributed by atoms with E-state index in [1.165, 1.54) is 0 Å². The summed E-state index contributed by atoms with van der Waals surface area (Å²) in [6, 6.07) is 5.29. The summed E-state index contributed by atoms with van der Waals surface area (Å²) >= 11 is 9.25. The van der Waals surface area contributed by atoms with Crippen molar-refractivity contribution in [1.29, 1.82) is 0 Å². The summed E-state index contributed by atoms with van der Waals surface area (Å²) in [6.07, 6.45) is 0.754. The highest BCUT2D eigenvalue weighted by Gasteiger charge is 2.23. The van der Waals surface area contributed by atoms with Crippen LogP contribution >= 0.6 is 27.5 Å². The van der Waals surface area contributed by atoms with Gasteiger partial charge in [-0.3, -0.25) is 4.79 Å². The molecule has 0 spiro atoms. The molecule has 0 aromatic heterocycles. The fraction of sp³-hybridized carbons (Fsp3) is 0.500. The summed E-state index contributed by atoms with van der Waals surface area (Å²) in [7, 11) is 0.